The number of halogens is 2. The van der Waals surface area contributed by atoms with Crippen molar-refractivity contribution in [3.05, 3.63) is 71.3 Å². The summed E-state index contributed by atoms with van der Waals surface area (Å²) in [5.74, 6) is -2.09. The van der Waals surface area contributed by atoms with Crippen LogP contribution in [0.25, 0.3) is 0 Å². The zero-order chi connectivity index (χ0) is 13.8. The molecular formula is C16H14F2O. The van der Waals surface area contributed by atoms with Gasteiger partial charge in [0.25, 0.3) is 0 Å². The Bertz CT molecular complexity index is 579. The first-order chi connectivity index (χ1) is 9.08. The molecule has 0 radical (unpaired) electrons. The molecule has 0 bridgehead atoms. The number of hydrogen-bond donors (Lipinski definition) is 0. The second-order valence-electron chi connectivity index (χ2n) is 4.52. The Morgan fingerprint density at radius 2 is 1.74 bits per heavy atom. The van der Waals surface area contributed by atoms with Crippen LogP contribution in [0.2, 0.25) is 0 Å². The molecule has 2 rings (SSSR count). The third-order valence-corrected chi connectivity index (χ3v) is 3.14. The third-order valence-electron chi connectivity index (χ3n) is 3.14. The van der Waals surface area contributed by atoms with Gasteiger partial charge in [0.2, 0.25) is 0 Å². The molecule has 0 amide bonds. The molecule has 2 aromatic carbocycles. The predicted octanol–water partition coefficient (Wildman–Crippen LogP) is 3.88. The second kappa shape index (κ2) is 5.74. The lowest BCUT2D eigenvalue weighted by Gasteiger charge is -2.10. The third kappa shape index (κ3) is 3.25. The summed E-state index contributed by atoms with van der Waals surface area (Å²) in [6.45, 7) is 1.82. The first-order valence-corrected chi connectivity index (χ1v) is 6.09. The Balaban J connectivity index is 2.10. The molecular weight excluding hydrogens is 246 g/mol. The molecule has 0 aliphatic rings. The van der Waals surface area contributed by atoms with Crippen molar-refractivity contribution in [2.75, 3.05) is 0 Å². The fraction of sp³-hybridized carbons (Fsp3) is 0.188. The van der Waals surface area contributed by atoms with Crippen molar-refractivity contribution in [3.63, 3.8) is 0 Å². The van der Waals surface area contributed by atoms with Gasteiger partial charge in [0, 0.05) is 12.3 Å². The summed E-state index contributed by atoms with van der Waals surface area (Å²) in [4.78, 5) is 12.1. The molecule has 0 heterocycles. The summed E-state index contributed by atoms with van der Waals surface area (Å²) in [6.07, 6.45) is 0.104. The van der Waals surface area contributed by atoms with E-state index in [9.17, 15) is 13.6 Å². The fourth-order valence-corrected chi connectivity index (χ4v) is 1.93. The zero-order valence-electron chi connectivity index (χ0n) is 10.6. The Morgan fingerprint density at radius 3 is 2.37 bits per heavy atom. The van der Waals surface area contributed by atoms with Crippen molar-refractivity contribution in [3.8, 4) is 0 Å². The summed E-state index contributed by atoms with van der Waals surface area (Å²) in [6, 6.07) is 13.0. The number of carbonyl (C=O) groups excluding carboxylic acids is 1. The maximum Gasteiger partial charge on any atom is 0.159 e. The summed E-state index contributed by atoms with van der Waals surface area (Å²) in [7, 11) is 0. The Labute approximate surface area is 110 Å². The highest BCUT2D eigenvalue weighted by Gasteiger charge is 2.16. The quantitative estimate of drug-likeness (QED) is 0.815. The summed E-state index contributed by atoms with van der Waals surface area (Å²) >= 11 is 0. The predicted molar refractivity (Wildman–Crippen MR) is 69.9 cm³/mol. The van der Waals surface area contributed by atoms with Crippen LogP contribution in [0.4, 0.5) is 8.78 Å². The van der Waals surface area contributed by atoms with Crippen LogP contribution >= 0.6 is 0 Å². The van der Waals surface area contributed by atoms with Crippen LogP contribution in [0.3, 0.4) is 0 Å². The number of hydrogen-bond acceptors (Lipinski definition) is 1. The van der Waals surface area contributed by atoms with Gasteiger partial charge in [-0.15, -0.1) is 0 Å². The molecule has 0 aliphatic heterocycles. The van der Waals surface area contributed by atoms with E-state index in [2.05, 4.69) is 0 Å². The van der Waals surface area contributed by atoms with E-state index in [4.69, 9.17) is 0 Å². The first-order valence-electron chi connectivity index (χ1n) is 6.09. The minimum absolute atomic E-state index is 0.0165. The van der Waals surface area contributed by atoms with Gasteiger partial charge in [-0.25, -0.2) is 8.78 Å². The Hall–Kier alpha value is -2.03. The van der Waals surface area contributed by atoms with Crippen molar-refractivity contribution < 1.29 is 13.6 Å². The molecule has 0 N–H and O–H groups in total. The highest BCUT2D eigenvalue weighted by molar-refractivity contribution is 5.87. The van der Waals surface area contributed by atoms with Crippen molar-refractivity contribution in [1.29, 1.82) is 0 Å². The molecule has 0 aliphatic carbocycles. The van der Waals surface area contributed by atoms with Gasteiger partial charge in [-0.05, 0) is 23.3 Å². The number of benzene rings is 2. The molecule has 3 heteroatoms. The minimum atomic E-state index is -0.919. The van der Waals surface area contributed by atoms with Crippen LogP contribution in [-0.2, 0) is 11.2 Å². The van der Waals surface area contributed by atoms with Crippen LogP contribution in [0.1, 0.15) is 24.0 Å². The van der Waals surface area contributed by atoms with E-state index in [-0.39, 0.29) is 18.1 Å². The molecule has 98 valence electrons. The average Bonchev–Trinajstić information content (AvgIpc) is 2.43. The van der Waals surface area contributed by atoms with Gasteiger partial charge in [0.15, 0.2) is 11.6 Å². The smallest absolute Gasteiger partial charge is 0.159 e. The lowest BCUT2D eigenvalue weighted by molar-refractivity contribution is -0.119. The SMILES string of the molecule is CC(C(=O)Cc1ccc(F)c(F)c1)c1ccccc1. The Morgan fingerprint density at radius 1 is 1.05 bits per heavy atom. The normalized spacial score (nSPS) is 12.2. The largest absolute Gasteiger partial charge is 0.299 e. The van der Waals surface area contributed by atoms with Gasteiger partial charge in [-0.2, -0.15) is 0 Å². The van der Waals surface area contributed by atoms with E-state index >= 15 is 0 Å². The average molecular weight is 260 g/mol. The molecule has 1 nitrogen and oxygen atoms in total. The molecule has 1 atom stereocenters. The highest BCUT2D eigenvalue weighted by atomic mass is 19.2. The van der Waals surface area contributed by atoms with Gasteiger partial charge >= 0.3 is 0 Å². The molecule has 0 saturated heterocycles. The molecule has 0 saturated carbocycles. The molecule has 0 spiro atoms. The fourth-order valence-electron chi connectivity index (χ4n) is 1.93. The van der Waals surface area contributed by atoms with Crippen LogP contribution in [0.15, 0.2) is 48.5 Å². The molecule has 2 aromatic rings. The van der Waals surface area contributed by atoms with E-state index < -0.39 is 11.6 Å². The number of ketones is 1. The van der Waals surface area contributed by atoms with Crippen molar-refractivity contribution in [2.45, 2.75) is 19.3 Å². The summed E-state index contributed by atoms with van der Waals surface area (Å²) in [5, 5.41) is 0. The molecule has 0 aromatic heterocycles. The van der Waals surface area contributed by atoms with Crippen LogP contribution < -0.4 is 0 Å². The monoisotopic (exact) mass is 260 g/mol. The zero-order valence-corrected chi connectivity index (χ0v) is 10.6. The Kier molecular flexibility index (Phi) is 4.05. The van der Waals surface area contributed by atoms with Gasteiger partial charge in [0.1, 0.15) is 5.78 Å². The molecule has 1 unspecified atom stereocenters. The van der Waals surface area contributed by atoms with Crippen molar-refractivity contribution in [2.24, 2.45) is 0 Å². The maximum absolute atomic E-state index is 13.1. The van der Waals surface area contributed by atoms with Crippen LogP contribution in [-0.4, -0.2) is 5.78 Å². The van der Waals surface area contributed by atoms with E-state index in [1.54, 1.807) is 0 Å². The van der Waals surface area contributed by atoms with E-state index in [1.165, 1.54) is 6.07 Å². The van der Waals surface area contributed by atoms with Gasteiger partial charge < -0.3 is 0 Å². The number of carbonyl (C=O) groups is 1. The first kappa shape index (κ1) is 13.4. The molecule has 19 heavy (non-hydrogen) atoms. The highest BCUT2D eigenvalue weighted by Crippen LogP contribution is 2.18. The summed E-state index contributed by atoms with van der Waals surface area (Å²) in [5.41, 5.74) is 1.42. The van der Waals surface area contributed by atoms with Crippen LogP contribution in [0, 0.1) is 11.6 Å². The van der Waals surface area contributed by atoms with Gasteiger partial charge in [-0.1, -0.05) is 43.3 Å². The number of rotatable bonds is 4. The van der Waals surface area contributed by atoms with Crippen molar-refractivity contribution >= 4 is 5.78 Å². The van der Waals surface area contributed by atoms with E-state index in [1.807, 2.05) is 37.3 Å². The maximum atomic E-state index is 13.1. The van der Waals surface area contributed by atoms with Gasteiger partial charge in [-0.3, -0.25) is 4.79 Å². The lowest BCUT2D eigenvalue weighted by Crippen LogP contribution is -2.12. The van der Waals surface area contributed by atoms with E-state index in [0.717, 1.165) is 17.7 Å². The lowest BCUT2D eigenvalue weighted by atomic mass is 9.93. The topological polar surface area (TPSA) is 17.1 Å². The summed E-state index contributed by atoms with van der Waals surface area (Å²) < 4.78 is 25.9. The standard InChI is InChI=1S/C16H14F2O/c1-11(13-5-3-2-4-6-13)16(19)10-12-7-8-14(17)15(18)9-12/h2-9,11H,10H2,1H3. The van der Waals surface area contributed by atoms with Crippen molar-refractivity contribution in [1.82, 2.24) is 0 Å². The molecule has 0 fully saturated rings. The van der Waals surface area contributed by atoms with E-state index in [0.29, 0.717) is 5.56 Å². The minimum Gasteiger partial charge on any atom is -0.299 e. The second-order valence-corrected chi connectivity index (χ2v) is 4.52. The number of Topliss-reactive ketones (excluding diaryl/α,β-unsaturated/α-hetero) is 1. The van der Waals surface area contributed by atoms with Crippen LogP contribution in [0.5, 0.6) is 0 Å². The van der Waals surface area contributed by atoms with Gasteiger partial charge in [0.05, 0.1) is 0 Å².